The number of carboxylic acid groups (broad SMARTS) is 1. The number of nitrogens with zero attached hydrogens (tertiary/aromatic N) is 2. The minimum absolute atomic E-state index is 0.179. The van der Waals surface area contributed by atoms with Crippen LogP contribution in [0.25, 0.3) is 0 Å². The van der Waals surface area contributed by atoms with E-state index in [0.29, 0.717) is 11.5 Å². The normalized spacial score (nSPS) is 23.6. The summed E-state index contributed by atoms with van der Waals surface area (Å²) in [5, 5.41) is 9.10. The number of carbonyl (C=O) groups is 1. The van der Waals surface area contributed by atoms with E-state index in [-0.39, 0.29) is 6.54 Å². The third kappa shape index (κ3) is 6.39. The Morgan fingerprint density at radius 1 is 1.21 bits per heavy atom. The largest absolute Gasteiger partial charge is 0.480 e. The molecule has 0 saturated heterocycles. The summed E-state index contributed by atoms with van der Waals surface area (Å²) in [6.07, 6.45) is 5.96. The molecule has 112 valence electrons. The highest BCUT2D eigenvalue weighted by molar-refractivity contribution is 5.69. The molecule has 1 fully saturated rings. The fraction of sp³-hybridized carbons (Fsp3) is 0.933. The van der Waals surface area contributed by atoms with Crippen molar-refractivity contribution in [2.75, 3.05) is 33.7 Å². The number of aliphatic carboxylic acids is 1. The van der Waals surface area contributed by atoms with Gasteiger partial charge in [-0.15, -0.1) is 0 Å². The van der Waals surface area contributed by atoms with Crippen molar-refractivity contribution in [2.24, 2.45) is 5.41 Å². The molecule has 4 nitrogen and oxygen atoms in total. The number of carboxylic acids is 1. The molecule has 0 heterocycles. The van der Waals surface area contributed by atoms with Crippen molar-refractivity contribution < 1.29 is 9.90 Å². The highest BCUT2D eigenvalue weighted by Crippen LogP contribution is 2.35. The van der Waals surface area contributed by atoms with Gasteiger partial charge in [0.15, 0.2) is 0 Å². The van der Waals surface area contributed by atoms with Gasteiger partial charge < -0.3 is 10.0 Å². The lowest BCUT2D eigenvalue weighted by Crippen LogP contribution is -2.42. The fourth-order valence-corrected chi connectivity index (χ4v) is 2.90. The Morgan fingerprint density at radius 3 is 2.47 bits per heavy atom. The third-order valence-corrected chi connectivity index (χ3v) is 4.23. The number of hydrogen-bond donors (Lipinski definition) is 1. The maximum Gasteiger partial charge on any atom is 0.317 e. The van der Waals surface area contributed by atoms with Gasteiger partial charge in [-0.05, 0) is 45.2 Å². The molecule has 0 bridgehead atoms. The van der Waals surface area contributed by atoms with E-state index in [9.17, 15) is 4.79 Å². The van der Waals surface area contributed by atoms with Gasteiger partial charge in [-0.2, -0.15) is 0 Å². The maximum absolute atomic E-state index is 11.1. The monoisotopic (exact) mass is 270 g/mol. The summed E-state index contributed by atoms with van der Waals surface area (Å²) in [4.78, 5) is 15.3. The zero-order chi connectivity index (χ0) is 14.5. The van der Waals surface area contributed by atoms with E-state index < -0.39 is 5.97 Å². The van der Waals surface area contributed by atoms with Crippen molar-refractivity contribution in [3.05, 3.63) is 0 Å². The summed E-state index contributed by atoms with van der Waals surface area (Å²) in [5.74, 6) is -0.706. The molecule has 19 heavy (non-hydrogen) atoms. The lowest BCUT2D eigenvalue weighted by molar-refractivity contribution is -0.139. The van der Waals surface area contributed by atoms with Gasteiger partial charge >= 0.3 is 5.97 Å². The van der Waals surface area contributed by atoms with Crippen LogP contribution in [0, 0.1) is 5.41 Å². The molecule has 1 aliphatic carbocycles. The minimum Gasteiger partial charge on any atom is -0.480 e. The standard InChI is InChI=1S/C15H30N2O2/c1-15(2)8-5-6-13(7-9-15)17(12-14(18)19)11-10-16(3)4/h13H,5-12H2,1-4H3,(H,18,19). The molecule has 1 N–H and O–H groups in total. The van der Waals surface area contributed by atoms with Crippen molar-refractivity contribution in [3.63, 3.8) is 0 Å². The van der Waals surface area contributed by atoms with Crippen LogP contribution in [0.5, 0.6) is 0 Å². The van der Waals surface area contributed by atoms with Gasteiger partial charge in [-0.1, -0.05) is 20.3 Å². The predicted molar refractivity (Wildman–Crippen MR) is 78.4 cm³/mol. The maximum atomic E-state index is 11.1. The second-order valence-corrected chi connectivity index (χ2v) is 6.92. The first-order chi connectivity index (χ1) is 8.80. The molecule has 0 aliphatic heterocycles. The van der Waals surface area contributed by atoms with E-state index in [1.54, 1.807) is 0 Å². The molecule has 0 aromatic heterocycles. The first-order valence-corrected chi connectivity index (χ1v) is 7.41. The van der Waals surface area contributed by atoms with Crippen molar-refractivity contribution in [1.29, 1.82) is 0 Å². The first kappa shape index (κ1) is 16.4. The van der Waals surface area contributed by atoms with Crippen molar-refractivity contribution >= 4 is 5.97 Å². The van der Waals surface area contributed by atoms with Gasteiger partial charge in [0.25, 0.3) is 0 Å². The Hall–Kier alpha value is -0.610. The number of hydrogen-bond acceptors (Lipinski definition) is 3. The van der Waals surface area contributed by atoms with Crippen LogP contribution >= 0.6 is 0 Å². The van der Waals surface area contributed by atoms with Gasteiger partial charge in [0.05, 0.1) is 6.54 Å². The van der Waals surface area contributed by atoms with E-state index in [1.807, 2.05) is 14.1 Å². The van der Waals surface area contributed by atoms with Crippen LogP contribution < -0.4 is 0 Å². The number of likely N-dealkylation sites (N-methyl/N-ethyl adjacent to an activating group) is 1. The highest BCUT2D eigenvalue weighted by Gasteiger charge is 2.28. The lowest BCUT2D eigenvalue weighted by Gasteiger charge is -2.31. The second-order valence-electron chi connectivity index (χ2n) is 6.92. The molecule has 1 saturated carbocycles. The zero-order valence-electron chi connectivity index (χ0n) is 13.0. The van der Waals surface area contributed by atoms with Crippen molar-refractivity contribution in [3.8, 4) is 0 Å². The van der Waals surface area contributed by atoms with E-state index in [2.05, 4.69) is 23.6 Å². The van der Waals surface area contributed by atoms with Crippen LogP contribution in [0.1, 0.15) is 46.0 Å². The zero-order valence-corrected chi connectivity index (χ0v) is 13.0. The summed E-state index contributed by atoms with van der Waals surface area (Å²) in [5.41, 5.74) is 0.422. The molecule has 1 unspecified atom stereocenters. The van der Waals surface area contributed by atoms with Gasteiger partial charge in [0.2, 0.25) is 0 Å². The SMILES string of the molecule is CN(C)CCN(CC(=O)O)C1CCCC(C)(C)CC1. The van der Waals surface area contributed by atoms with E-state index in [4.69, 9.17) is 5.11 Å². The van der Waals surface area contributed by atoms with Crippen LogP contribution in [0.15, 0.2) is 0 Å². The van der Waals surface area contributed by atoms with Crippen LogP contribution in [0.2, 0.25) is 0 Å². The molecule has 1 rings (SSSR count). The summed E-state index contributed by atoms with van der Waals surface area (Å²) < 4.78 is 0. The van der Waals surface area contributed by atoms with E-state index in [1.165, 1.54) is 19.3 Å². The Balaban J connectivity index is 2.59. The molecule has 0 aromatic carbocycles. The second kappa shape index (κ2) is 7.25. The predicted octanol–water partition coefficient (Wildman–Crippen LogP) is 2.29. The topological polar surface area (TPSA) is 43.8 Å². The Kier molecular flexibility index (Phi) is 6.27. The molecule has 4 heteroatoms. The quantitative estimate of drug-likeness (QED) is 0.752. The average molecular weight is 270 g/mol. The van der Waals surface area contributed by atoms with Gasteiger partial charge in [0.1, 0.15) is 0 Å². The molecule has 0 amide bonds. The summed E-state index contributed by atoms with van der Waals surface area (Å²) in [6, 6.07) is 0.442. The summed E-state index contributed by atoms with van der Waals surface area (Å²) in [7, 11) is 4.07. The third-order valence-electron chi connectivity index (χ3n) is 4.23. The van der Waals surface area contributed by atoms with Crippen LogP contribution in [0.4, 0.5) is 0 Å². The summed E-state index contributed by atoms with van der Waals surface area (Å²) >= 11 is 0. The summed E-state index contributed by atoms with van der Waals surface area (Å²) in [6.45, 7) is 6.62. The molecule has 0 spiro atoms. The molecule has 0 radical (unpaired) electrons. The Morgan fingerprint density at radius 2 is 1.89 bits per heavy atom. The first-order valence-electron chi connectivity index (χ1n) is 7.41. The Labute approximate surface area is 117 Å². The van der Waals surface area contributed by atoms with Crippen LogP contribution in [0.3, 0.4) is 0 Å². The number of rotatable bonds is 6. The molecular formula is C15H30N2O2. The molecule has 0 aromatic rings. The lowest BCUT2D eigenvalue weighted by atomic mass is 9.85. The van der Waals surface area contributed by atoms with Gasteiger partial charge in [-0.3, -0.25) is 9.69 Å². The van der Waals surface area contributed by atoms with E-state index >= 15 is 0 Å². The minimum atomic E-state index is -0.706. The highest BCUT2D eigenvalue weighted by atomic mass is 16.4. The van der Waals surface area contributed by atoms with Crippen molar-refractivity contribution in [1.82, 2.24) is 9.80 Å². The van der Waals surface area contributed by atoms with Crippen LogP contribution in [-0.2, 0) is 4.79 Å². The molecule has 1 aliphatic rings. The van der Waals surface area contributed by atoms with Gasteiger partial charge in [0, 0.05) is 19.1 Å². The fourth-order valence-electron chi connectivity index (χ4n) is 2.90. The van der Waals surface area contributed by atoms with Gasteiger partial charge in [-0.25, -0.2) is 0 Å². The Bertz CT molecular complexity index is 290. The smallest absolute Gasteiger partial charge is 0.317 e. The van der Waals surface area contributed by atoms with Crippen LogP contribution in [-0.4, -0.2) is 60.6 Å². The van der Waals surface area contributed by atoms with E-state index in [0.717, 1.165) is 25.9 Å². The van der Waals surface area contributed by atoms with Crippen molar-refractivity contribution in [2.45, 2.75) is 52.0 Å². The average Bonchev–Trinajstić information content (AvgIpc) is 2.45. The molecular weight excluding hydrogens is 240 g/mol. The molecule has 1 atom stereocenters.